The van der Waals surface area contributed by atoms with Crippen LogP contribution in [0, 0.1) is 23.5 Å². The fourth-order valence-electron chi connectivity index (χ4n) is 4.93. The summed E-state index contributed by atoms with van der Waals surface area (Å²) >= 11 is 0. The molecule has 5 nitrogen and oxygen atoms in total. The molecule has 0 radical (unpaired) electrons. The van der Waals surface area contributed by atoms with Crippen molar-refractivity contribution in [3.05, 3.63) is 35.4 Å². The van der Waals surface area contributed by atoms with E-state index < -0.39 is 23.6 Å². The number of amides is 2. The third-order valence-corrected chi connectivity index (χ3v) is 6.56. The number of carbonyl (C=O) groups is 2. The van der Waals surface area contributed by atoms with E-state index in [2.05, 4.69) is 5.32 Å². The first-order chi connectivity index (χ1) is 13.5. The summed E-state index contributed by atoms with van der Waals surface area (Å²) < 4.78 is 27.6. The monoisotopic (exact) mass is 391 g/mol. The quantitative estimate of drug-likeness (QED) is 0.810. The van der Waals surface area contributed by atoms with Gasteiger partial charge in [0.1, 0.15) is 17.7 Å². The van der Waals surface area contributed by atoms with E-state index in [9.17, 15) is 18.4 Å². The van der Waals surface area contributed by atoms with Crippen molar-refractivity contribution in [2.24, 2.45) is 17.6 Å². The molecule has 1 aliphatic heterocycles. The Labute approximate surface area is 163 Å². The van der Waals surface area contributed by atoms with Gasteiger partial charge in [-0.05, 0) is 56.1 Å². The molecule has 3 N–H and O–H groups in total. The van der Waals surface area contributed by atoms with Crippen LogP contribution in [-0.4, -0.2) is 41.4 Å². The van der Waals surface area contributed by atoms with E-state index in [0.29, 0.717) is 24.9 Å². The van der Waals surface area contributed by atoms with Gasteiger partial charge in [0, 0.05) is 24.7 Å². The minimum atomic E-state index is -0.888. The zero-order valence-electron chi connectivity index (χ0n) is 15.9. The van der Waals surface area contributed by atoms with Crippen LogP contribution in [0.5, 0.6) is 0 Å². The molecule has 2 aliphatic carbocycles. The Morgan fingerprint density at radius 3 is 2.61 bits per heavy atom. The molecule has 4 rings (SSSR count). The number of likely N-dealkylation sites (tertiary alicyclic amines) is 1. The molecule has 1 saturated heterocycles. The fourth-order valence-corrected chi connectivity index (χ4v) is 4.93. The number of hydrogen-bond acceptors (Lipinski definition) is 3. The number of hydrogen-bond donors (Lipinski definition) is 2. The normalized spacial score (nSPS) is 28.0. The number of halogens is 2. The number of rotatable bonds is 5. The van der Waals surface area contributed by atoms with Crippen molar-refractivity contribution in [3.8, 4) is 0 Å². The van der Waals surface area contributed by atoms with Crippen molar-refractivity contribution in [2.75, 3.05) is 6.54 Å². The van der Waals surface area contributed by atoms with Gasteiger partial charge in [-0.15, -0.1) is 0 Å². The lowest BCUT2D eigenvalue weighted by Crippen LogP contribution is -2.53. The van der Waals surface area contributed by atoms with E-state index in [0.717, 1.165) is 44.6 Å². The summed E-state index contributed by atoms with van der Waals surface area (Å²) in [6, 6.07) is 2.20. The maximum absolute atomic E-state index is 14.3. The molecule has 1 heterocycles. The van der Waals surface area contributed by atoms with Crippen LogP contribution >= 0.6 is 0 Å². The van der Waals surface area contributed by atoms with E-state index in [1.165, 1.54) is 6.07 Å². The largest absolute Gasteiger partial charge is 0.350 e. The van der Waals surface area contributed by atoms with Gasteiger partial charge < -0.3 is 16.0 Å². The van der Waals surface area contributed by atoms with E-state index in [4.69, 9.17) is 5.73 Å². The van der Waals surface area contributed by atoms with Crippen LogP contribution in [0.15, 0.2) is 18.2 Å². The number of nitrogens with two attached hydrogens (primary N) is 1. The lowest BCUT2D eigenvalue weighted by Gasteiger charge is -2.34. The van der Waals surface area contributed by atoms with E-state index in [1.807, 2.05) is 0 Å². The van der Waals surface area contributed by atoms with Gasteiger partial charge in [-0.3, -0.25) is 9.59 Å². The molecule has 152 valence electrons. The van der Waals surface area contributed by atoms with E-state index in [-0.39, 0.29) is 29.5 Å². The average Bonchev–Trinajstić information content (AvgIpc) is 3.44. The van der Waals surface area contributed by atoms with Gasteiger partial charge in [-0.25, -0.2) is 8.78 Å². The highest BCUT2D eigenvalue weighted by Gasteiger charge is 2.48. The van der Waals surface area contributed by atoms with Gasteiger partial charge in [-0.2, -0.15) is 0 Å². The molecular weight excluding hydrogens is 364 g/mol. The minimum absolute atomic E-state index is 0.0706. The van der Waals surface area contributed by atoms with Crippen LogP contribution < -0.4 is 11.1 Å². The Morgan fingerprint density at radius 1 is 1.18 bits per heavy atom. The third-order valence-electron chi connectivity index (χ3n) is 6.56. The molecule has 4 atom stereocenters. The van der Waals surface area contributed by atoms with Crippen LogP contribution in [0.1, 0.15) is 55.3 Å². The molecule has 0 spiro atoms. The molecule has 4 unspecified atom stereocenters. The van der Waals surface area contributed by atoms with Gasteiger partial charge in [0.2, 0.25) is 5.91 Å². The van der Waals surface area contributed by atoms with Crippen molar-refractivity contribution in [3.63, 3.8) is 0 Å². The van der Waals surface area contributed by atoms with Crippen molar-refractivity contribution < 1.29 is 18.4 Å². The summed E-state index contributed by atoms with van der Waals surface area (Å²) in [6.45, 7) is 0.372. The summed E-state index contributed by atoms with van der Waals surface area (Å²) in [4.78, 5) is 27.8. The Bertz CT molecular complexity index is 768. The highest BCUT2D eigenvalue weighted by molar-refractivity contribution is 5.98. The zero-order chi connectivity index (χ0) is 19.8. The van der Waals surface area contributed by atoms with Crippen molar-refractivity contribution in [2.45, 2.75) is 63.1 Å². The van der Waals surface area contributed by atoms with Crippen molar-refractivity contribution >= 4 is 11.8 Å². The lowest BCUT2D eigenvalue weighted by molar-refractivity contribution is -0.126. The van der Waals surface area contributed by atoms with Crippen molar-refractivity contribution in [1.82, 2.24) is 10.2 Å². The predicted molar refractivity (Wildman–Crippen MR) is 100 cm³/mol. The second-order valence-electron chi connectivity index (χ2n) is 8.39. The second kappa shape index (κ2) is 7.78. The first-order valence-electron chi connectivity index (χ1n) is 10.3. The molecular formula is C21H27F2N3O2. The maximum atomic E-state index is 14.3. The van der Waals surface area contributed by atoms with Crippen LogP contribution in [0.4, 0.5) is 8.78 Å². The topological polar surface area (TPSA) is 75.4 Å². The Hall–Kier alpha value is -2.02. The molecule has 0 bridgehead atoms. The number of benzene rings is 1. The maximum Gasteiger partial charge on any atom is 0.257 e. The lowest BCUT2D eigenvalue weighted by atomic mass is 9.84. The summed E-state index contributed by atoms with van der Waals surface area (Å²) in [5.41, 5.74) is 5.64. The first-order valence-corrected chi connectivity index (χ1v) is 10.3. The predicted octanol–water partition coefficient (Wildman–Crippen LogP) is 2.59. The molecule has 1 aromatic carbocycles. The minimum Gasteiger partial charge on any atom is -0.350 e. The summed E-state index contributed by atoms with van der Waals surface area (Å²) in [5, 5.41) is 3.03. The summed E-state index contributed by atoms with van der Waals surface area (Å²) in [7, 11) is 0. The average molecular weight is 391 g/mol. The highest BCUT2D eigenvalue weighted by Crippen LogP contribution is 2.41. The van der Waals surface area contributed by atoms with Gasteiger partial charge in [0.05, 0.1) is 5.56 Å². The molecule has 7 heteroatoms. The highest BCUT2D eigenvalue weighted by atomic mass is 19.1. The zero-order valence-corrected chi connectivity index (χ0v) is 15.9. The van der Waals surface area contributed by atoms with Gasteiger partial charge in [0.25, 0.3) is 5.91 Å². The molecule has 1 aromatic rings. The molecule has 2 amide bonds. The number of nitrogens with zero attached hydrogens (tertiary/aromatic N) is 1. The summed E-state index contributed by atoms with van der Waals surface area (Å²) in [5.74, 6) is -1.68. The number of fused-ring (bicyclic) bond motifs is 1. The van der Waals surface area contributed by atoms with Crippen LogP contribution in [0.25, 0.3) is 0 Å². The van der Waals surface area contributed by atoms with Gasteiger partial charge >= 0.3 is 0 Å². The summed E-state index contributed by atoms with van der Waals surface area (Å²) in [6.07, 6.45) is 6.55. The molecule has 0 aromatic heterocycles. The fraction of sp³-hybridized carbons (Fsp3) is 0.619. The SMILES string of the molecule is NCC(NC(=O)C1CC2CCCCC2N1C(=O)c1ccc(F)cc1F)C1CC1. The van der Waals surface area contributed by atoms with Crippen LogP contribution in [0.3, 0.4) is 0 Å². The molecule has 3 aliphatic rings. The molecule has 3 fully saturated rings. The van der Waals surface area contributed by atoms with Gasteiger partial charge in [0.15, 0.2) is 0 Å². The number of nitrogens with one attached hydrogen (secondary N) is 1. The van der Waals surface area contributed by atoms with Gasteiger partial charge in [-0.1, -0.05) is 12.8 Å². The smallest absolute Gasteiger partial charge is 0.257 e. The van der Waals surface area contributed by atoms with Crippen LogP contribution in [-0.2, 0) is 4.79 Å². The molecule has 2 saturated carbocycles. The van der Waals surface area contributed by atoms with Crippen molar-refractivity contribution in [1.29, 1.82) is 0 Å². The Balaban J connectivity index is 1.60. The third kappa shape index (κ3) is 3.64. The Kier molecular flexibility index (Phi) is 5.36. The Morgan fingerprint density at radius 2 is 1.93 bits per heavy atom. The first kappa shape index (κ1) is 19.3. The standard InChI is InChI=1S/C21H27F2N3O2/c22-14-7-8-15(16(23)10-14)21(28)26-18-4-2-1-3-13(18)9-19(26)20(27)25-17(11-24)12-5-6-12/h7-8,10,12-13,17-19H,1-6,9,11,24H2,(H,25,27). The van der Waals surface area contributed by atoms with Crippen LogP contribution in [0.2, 0.25) is 0 Å². The number of carbonyl (C=O) groups excluding carboxylic acids is 2. The van der Waals surface area contributed by atoms with E-state index >= 15 is 0 Å². The molecule has 28 heavy (non-hydrogen) atoms. The second-order valence-corrected chi connectivity index (χ2v) is 8.39. The van der Waals surface area contributed by atoms with E-state index in [1.54, 1.807) is 4.90 Å².